The molecule has 0 fully saturated rings. The fourth-order valence-corrected chi connectivity index (χ4v) is 1.03. The molecule has 0 N–H and O–H groups in total. The summed E-state index contributed by atoms with van der Waals surface area (Å²) in [5.74, 6) is -3.75. The molecular weight excluding hydrogens is 324 g/mol. The Morgan fingerprint density at radius 2 is 1.86 bits per heavy atom. The van der Waals surface area contributed by atoms with Crippen LogP contribution in [-0.2, 0) is 0 Å². The molecule has 0 atom stereocenters. The first-order chi connectivity index (χ1) is 6.31. The van der Waals surface area contributed by atoms with Gasteiger partial charge in [0.15, 0.2) is 11.6 Å². The first kappa shape index (κ1) is 11.4. The Hall–Kier alpha value is -0.670. The molecule has 0 unspecified atom stereocenters. The van der Waals surface area contributed by atoms with Gasteiger partial charge in [0.25, 0.3) is 0 Å². The number of pyridine rings is 1. The number of rotatable bonds is 1. The lowest BCUT2D eigenvalue weighted by Crippen LogP contribution is -2.18. The Morgan fingerprint density at radius 1 is 1.29 bits per heavy atom. The summed E-state index contributed by atoms with van der Waals surface area (Å²) in [6, 6.07) is 0. The molecule has 78 valence electrons. The largest absolute Gasteiger partial charge is 0.573 e. The standard InChI is InChI=1S/C6HF5INO/c7-3-2(14-6(9,10)11)1-13-5(8)4(3)12/h1H. The van der Waals surface area contributed by atoms with E-state index in [4.69, 9.17) is 0 Å². The summed E-state index contributed by atoms with van der Waals surface area (Å²) in [4.78, 5) is 2.88. The van der Waals surface area contributed by atoms with Crippen molar-refractivity contribution in [3.63, 3.8) is 0 Å². The third-order valence-electron chi connectivity index (χ3n) is 1.11. The van der Waals surface area contributed by atoms with E-state index in [0.717, 1.165) is 0 Å². The molecular formula is C6HF5INO. The minimum absolute atomic E-state index is 0.334. The Bertz CT molecular complexity index is 353. The van der Waals surface area contributed by atoms with Crippen molar-refractivity contribution in [2.45, 2.75) is 6.36 Å². The highest BCUT2D eigenvalue weighted by Crippen LogP contribution is 2.27. The second-order valence-electron chi connectivity index (χ2n) is 2.09. The Balaban J connectivity index is 3.06. The van der Waals surface area contributed by atoms with Gasteiger partial charge in [0, 0.05) is 0 Å². The van der Waals surface area contributed by atoms with Gasteiger partial charge in [-0.15, -0.1) is 13.2 Å². The first-order valence-corrected chi connectivity index (χ1v) is 4.14. The van der Waals surface area contributed by atoms with Crippen molar-refractivity contribution >= 4 is 22.6 Å². The Kier molecular flexibility index (Phi) is 3.12. The van der Waals surface area contributed by atoms with E-state index in [2.05, 4.69) is 9.72 Å². The lowest BCUT2D eigenvalue weighted by Gasteiger charge is -2.09. The van der Waals surface area contributed by atoms with E-state index in [1.165, 1.54) is 22.6 Å². The van der Waals surface area contributed by atoms with E-state index >= 15 is 0 Å². The maximum absolute atomic E-state index is 12.9. The highest BCUT2D eigenvalue weighted by Gasteiger charge is 2.33. The molecule has 0 aromatic carbocycles. The molecule has 1 aromatic heterocycles. The summed E-state index contributed by atoms with van der Waals surface area (Å²) in [6.07, 6.45) is -4.69. The van der Waals surface area contributed by atoms with Crippen LogP contribution in [0.4, 0.5) is 22.0 Å². The molecule has 14 heavy (non-hydrogen) atoms. The van der Waals surface area contributed by atoms with Crippen LogP contribution >= 0.6 is 22.6 Å². The van der Waals surface area contributed by atoms with Gasteiger partial charge in [-0.1, -0.05) is 0 Å². The van der Waals surface area contributed by atoms with Gasteiger partial charge in [0.1, 0.15) is 3.57 Å². The van der Waals surface area contributed by atoms with Crippen LogP contribution in [0.2, 0.25) is 0 Å². The van der Waals surface area contributed by atoms with Crippen molar-refractivity contribution in [2.24, 2.45) is 0 Å². The maximum Gasteiger partial charge on any atom is 0.573 e. The van der Waals surface area contributed by atoms with Crippen molar-refractivity contribution in [2.75, 3.05) is 0 Å². The summed E-state index contributed by atoms with van der Waals surface area (Å²) in [6.45, 7) is 0. The SMILES string of the molecule is Fc1ncc(OC(F)(F)F)c(F)c1I. The van der Waals surface area contributed by atoms with Crippen LogP contribution in [-0.4, -0.2) is 11.3 Å². The molecule has 1 rings (SSSR count). The van der Waals surface area contributed by atoms with Gasteiger partial charge < -0.3 is 4.74 Å². The molecule has 2 nitrogen and oxygen atoms in total. The van der Waals surface area contributed by atoms with Gasteiger partial charge in [-0.2, -0.15) is 4.39 Å². The molecule has 0 radical (unpaired) electrons. The Morgan fingerprint density at radius 3 is 2.36 bits per heavy atom. The van der Waals surface area contributed by atoms with Crippen LogP contribution in [0.3, 0.4) is 0 Å². The van der Waals surface area contributed by atoms with Gasteiger partial charge in [0.2, 0.25) is 5.95 Å². The lowest BCUT2D eigenvalue weighted by atomic mass is 10.4. The summed E-state index contributed by atoms with van der Waals surface area (Å²) < 4.78 is 62.9. The van der Waals surface area contributed by atoms with Gasteiger partial charge in [0.05, 0.1) is 6.20 Å². The average molecular weight is 325 g/mol. The molecule has 1 aromatic rings. The third kappa shape index (κ3) is 2.66. The van der Waals surface area contributed by atoms with Crippen molar-refractivity contribution in [3.8, 4) is 5.75 Å². The molecule has 8 heteroatoms. The minimum Gasteiger partial charge on any atom is -0.401 e. The first-order valence-electron chi connectivity index (χ1n) is 3.06. The van der Waals surface area contributed by atoms with E-state index < -0.39 is 27.4 Å². The molecule has 0 bridgehead atoms. The Labute approximate surface area is 88.2 Å². The lowest BCUT2D eigenvalue weighted by molar-refractivity contribution is -0.275. The number of alkyl halides is 3. The van der Waals surface area contributed by atoms with Crippen LogP contribution in [0, 0.1) is 15.3 Å². The smallest absolute Gasteiger partial charge is 0.401 e. The maximum atomic E-state index is 12.9. The van der Waals surface area contributed by atoms with Gasteiger partial charge in [-0.05, 0) is 22.6 Å². The van der Waals surface area contributed by atoms with E-state index in [0.29, 0.717) is 6.20 Å². The highest BCUT2D eigenvalue weighted by molar-refractivity contribution is 14.1. The molecule has 0 aliphatic carbocycles. The zero-order valence-corrected chi connectivity index (χ0v) is 8.36. The van der Waals surface area contributed by atoms with Crippen molar-refractivity contribution in [1.82, 2.24) is 4.98 Å². The van der Waals surface area contributed by atoms with Crippen LogP contribution in [0.15, 0.2) is 6.20 Å². The summed E-state index contributed by atoms with van der Waals surface area (Å²) in [5, 5.41) is 0. The number of aromatic nitrogens is 1. The van der Waals surface area contributed by atoms with E-state index in [-0.39, 0.29) is 0 Å². The van der Waals surface area contributed by atoms with Gasteiger partial charge in [-0.25, -0.2) is 9.37 Å². The highest BCUT2D eigenvalue weighted by atomic mass is 127. The van der Waals surface area contributed by atoms with E-state index in [9.17, 15) is 22.0 Å². The predicted octanol–water partition coefficient (Wildman–Crippen LogP) is 2.86. The zero-order chi connectivity index (χ0) is 10.9. The fourth-order valence-electron chi connectivity index (χ4n) is 0.623. The molecule has 0 spiro atoms. The van der Waals surface area contributed by atoms with E-state index in [1.807, 2.05) is 0 Å². The number of nitrogens with zero attached hydrogens (tertiary/aromatic N) is 1. The average Bonchev–Trinajstić information content (AvgIpc) is 2.04. The fraction of sp³-hybridized carbons (Fsp3) is 0.167. The second kappa shape index (κ2) is 3.83. The molecule has 0 saturated heterocycles. The molecule has 0 amide bonds. The number of hydrogen-bond donors (Lipinski definition) is 0. The molecule has 1 heterocycles. The summed E-state index contributed by atoms with van der Waals surface area (Å²) in [7, 11) is 0. The molecule has 0 aliphatic rings. The monoisotopic (exact) mass is 325 g/mol. The van der Waals surface area contributed by atoms with Crippen LogP contribution in [0.25, 0.3) is 0 Å². The van der Waals surface area contributed by atoms with Crippen molar-refractivity contribution in [1.29, 1.82) is 0 Å². The molecule has 0 aliphatic heterocycles. The number of halogens is 6. The second-order valence-corrected chi connectivity index (χ2v) is 3.17. The van der Waals surface area contributed by atoms with Crippen molar-refractivity contribution < 1.29 is 26.7 Å². The van der Waals surface area contributed by atoms with Gasteiger partial charge in [-0.3, -0.25) is 0 Å². The normalized spacial score (nSPS) is 11.6. The summed E-state index contributed by atoms with van der Waals surface area (Å²) >= 11 is 1.19. The topological polar surface area (TPSA) is 22.1 Å². The summed E-state index contributed by atoms with van der Waals surface area (Å²) in [5.41, 5.74) is 0. The van der Waals surface area contributed by atoms with Crippen LogP contribution in [0.1, 0.15) is 0 Å². The van der Waals surface area contributed by atoms with Crippen molar-refractivity contribution in [3.05, 3.63) is 21.5 Å². The number of ether oxygens (including phenoxy) is 1. The predicted molar refractivity (Wildman–Crippen MR) is 43.6 cm³/mol. The van der Waals surface area contributed by atoms with Crippen LogP contribution < -0.4 is 4.74 Å². The van der Waals surface area contributed by atoms with Crippen LogP contribution in [0.5, 0.6) is 5.75 Å². The molecule has 0 saturated carbocycles. The zero-order valence-electron chi connectivity index (χ0n) is 6.20. The number of hydrogen-bond acceptors (Lipinski definition) is 2. The third-order valence-corrected chi connectivity index (χ3v) is 2.03. The minimum atomic E-state index is -5.02. The quantitative estimate of drug-likeness (QED) is 0.450. The van der Waals surface area contributed by atoms with E-state index in [1.54, 1.807) is 0 Å². The van der Waals surface area contributed by atoms with Gasteiger partial charge >= 0.3 is 6.36 Å².